The molecule has 1 N–H and O–H groups in total. The van der Waals surface area contributed by atoms with Gasteiger partial charge in [0.2, 0.25) is 11.7 Å². The van der Waals surface area contributed by atoms with Gasteiger partial charge in [-0.1, -0.05) is 35.3 Å². The molecule has 1 aliphatic carbocycles. The number of carbonyl (C=O) groups excluding carboxylic acids is 2. The van der Waals surface area contributed by atoms with Crippen molar-refractivity contribution in [1.82, 2.24) is 5.32 Å². The topological polar surface area (TPSA) is 73.9 Å². The minimum atomic E-state index is -0.418. The molecule has 168 valence electrons. The molecule has 2 aromatic carbocycles. The lowest BCUT2D eigenvalue weighted by Crippen LogP contribution is -2.38. The maximum Gasteiger partial charge on any atom is 0.225 e. The van der Waals surface area contributed by atoms with Gasteiger partial charge in [0.1, 0.15) is 0 Å². The van der Waals surface area contributed by atoms with Crippen LogP contribution in [0.5, 0.6) is 17.2 Å². The standard InChI is InChI=1S/C24H23Cl2NO5/c1-30-19-9-13(10-20(31-2)24(19)32-3)12-7-17-22(18(28)8-12)15(11-21(29)27-17)14-5-4-6-16(25)23(14)26/h4-6,9-10,12,15H,7-8,11H2,1-3H3,(H,27,29)/t12-,15+/m1/s1. The average Bonchev–Trinajstić information content (AvgIpc) is 2.78. The van der Waals surface area contributed by atoms with E-state index in [9.17, 15) is 9.59 Å². The summed E-state index contributed by atoms with van der Waals surface area (Å²) in [4.78, 5) is 25.9. The summed E-state index contributed by atoms with van der Waals surface area (Å²) >= 11 is 12.6. The van der Waals surface area contributed by atoms with Crippen molar-refractivity contribution in [3.63, 3.8) is 0 Å². The van der Waals surface area contributed by atoms with Crippen molar-refractivity contribution in [2.75, 3.05) is 21.3 Å². The zero-order valence-electron chi connectivity index (χ0n) is 18.0. The Kier molecular flexibility index (Phi) is 6.35. The Hall–Kier alpha value is -2.70. The first-order valence-corrected chi connectivity index (χ1v) is 10.9. The van der Waals surface area contributed by atoms with E-state index < -0.39 is 5.92 Å². The van der Waals surface area contributed by atoms with Crippen LogP contribution in [0, 0.1) is 0 Å². The van der Waals surface area contributed by atoms with Gasteiger partial charge in [0.15, 0.2) is 17.3 Å². The number of methoxy groups -OCH3 is 3. The number of rotatable bonds is 5. The lowest BCUT2D eigenvalue weighted by Gasteiger charge is -2.35. The zero-order chi connectivity index (χ0) is 23.0. The van der Waals surface area contributed by atoms with Crippen LogP contribution in [0.1, 0.15) is 42.2 Å². The van der Waals surface area contributed by atoms with Crippen LogP contribution < -0.4 is 19.5 Å². The summed E-state index contributed by atoms with van der Waals surface area (Å²) in [5.74, 6) is 0.787. The van der Waals surface area contributed by atoms with Crippen LogP contribution >= 0.6 is 23.2 Å². The predicted molar refractivity (Wildman–Crippen MR) is 122 cm³/mol. The summed E-state index contributed by atoms with van der Waals surface area (Å²) in [5, 5.41) is 3.69. The minimum Gasteiger partial charge on any atom is -0.493 e. The van der Waals surface area contributed by atoms with Crippen LogP contribution in [-0.2, 0) is 9.59 Å². The number of amides is 1. The number of Topliss-reactive ketones (excluding diaryl/α,β-unsaturated/α-hetero) is 1. The number of allylic oxidation sites excluding steroid dienone is 2. The molecule has 1 heterocycles. The van der Waals surface area contributed by atoms with Crippen molar-refractivity contribution in [1.29, 1.82) is 0 Å². The molecule has 0 fully saturated rings. The van der Waals surface area contributed by atoms with Gasteiger partial charge in [0.25, 0.3) is 0 Å². The van der Waals surface area contributed by atoms with E-state index in [2.05, 4.69) is 5.32 Å². The molecule has 0 aromatic heterocycles. The molecule has 0 unspecified atom stereocenters. The number of benzene rings is 2. The van der Waals surface area contributed by atoms with Gasteiger partial charge in [-0.15, -0.1) is 0 Å². The van der Waals surface area contributed by atoms with Crippen LogP contribution in [0.15, 0.2) is 41.6 Å². The number of halogens is 2. The van der Waals surface area contributed by atoms with E-state index in [-0.39, 0.29) is 24.0 Å². The van der Waals surface area contributed by atoms with Crippen LogP contribution in [0.25, 0.3) is 0 Å². The molecule has 0 saturated heterocycles. The van der Waals surface area contributed by atoms with Gasteiger partial charge < -0.3 is 19.5 Å². The van der Waals surface area contributed by atoms with Crippen LogP contribution in [0.2, 0.25) is 10.0 Å². The summed E-state index contributed by atoms with van der Waals surface area (Å²) in [5.41, 5.74) is 2.81. The van der Waals surface area contributed by atoms with E-state index in [1.54, 1.807) is 33.5 Å². The second kappa shape index (κ2) is 9.04. The Morgan fingerprint density at radius 1 is 0.938 bits per heavy atom. The SMILES string of the molecule is COc1cc([C@H]2CC(=O)C3=C(C2)NC(=O)C[C@H]3c2cccc(Cl)c2Cl)cc(OC)c1OC. The Labute approximate surface area is 196 Å². The van der Waals surface area contributed by atoms with Crippen molar-refractivity contribution < 1.29 is 23.8 Å². The molecule has 0 radical (unpaired) electrons. The van der Waals surface area contributed by atoms with E-state index in [1.165, 1.54) is 0 Å². The molecule has 2 aliphatic rings. The van der Waals surface area contributed by atoms with Gasteiger partial charge in [-0.2, -0.15) is 0 Å². The lowest BCUT2D eigenvalue weighted by molar-refractivity contribution is -0.122. The van der Waals surface area contributed by atoms with Gasteiger partial charge in [-0.25, -0.2) is 0 Å². The average molecular weight is 476 g/mol. The number of hydrogen-bond donors (Lipinski definition) is 1. The molecular weight excluding hydrogens is 453 g/mol. The Morgan fingerprint density at radius 2 is 1.62 bits per heavy atom. The Balaban J connectivity index is 1.75. The molecule has 32 heavy (non-hydrogen) atoms. The summed E-state index contributed by atoms with van der Waals surface area (Å²) in [7, 11) is 4.64. The molecule has 2 aromatic rings. The Morgan fingerprint density at radius 3 is 2.25 bits per heavy atom. The maximum absolute atomic E-state index is 13.4. The summed E-state index contributed by atoms with van der Waals surface area (Å²) in [6.45, 7) is 0. The quantitative estimate of drug-likeness (QED) is 0.656. The molecule has 8 heteroatoms. The number of ketones is 1. The first-order valence-electron chi connectivity index (χ1n) is 10.2. The third-order valence-corrected chi connectivity index (χ3v) is 6.88. The largest absolute Gasteiger partial charge is 0.493 e. The molecule has 1 aliphatic heterocycles. The minimum absolute atomic E-state index is 0.0222. The second-order valence-electron chi connectivity index (χ2n) is 7.83. The first kappa shape index (κ1) is 22.5. The number of ether oxygens (including phenoxy) is 3. The summed E-state index contributed by atoms with van der Waals surface area (Å²) < 4.78 is 16.3. The highest BCUT2D eigenvalue weighted by Gasteiger charge is 2.39. The van der Waals surface area contributed by atoms with Crippen LogP contribution in [-0.4, -0.2) is 33.0 Å². The van der Waals surface area contributed by atoms with Crippen LogP contribution in [0.4, 0.5) is 0 Å². The molecule has 1 amide bonds. The molecule has 0 saturated carbocycles. The molecule has 2 atom stereocenters. The smallest absolute Gasteiger partial charge is 0.225 e. The highest BCUT2D eigenvalue weighted by molar-refractivity contribution is 6.42. The fourth-order valence-corrected chi connectivity index (χ4v) is 5.03. The van der Waals surface area contributed by atoms with E-state index in [1.807, 2.05) is 18.2 Å². The highest BCUT2D eigenvalue weighted by Crippen LogP contribution is 2.47. The highest BCUT2D eigenvalue weighted by atomic mass is 35.5. The summed E-state index contributed by atoms with van der Waals surface area (Å²) in [6.07, 6.45) is 0.946. The van der Waals surface area contributed by atoms with E-state index in [0.29, 0.717) is 57.0 Å². The Bertz CT molecular complexity index is 1100. The fraction of sp³-hybridized carbons (Fsp3) is 0.333. The predicted octanol–water partition coefficient (Wildman–Crippen LogP) is 5.02. The fourth-order valence-electron chi connectivity index (χ4n) is 4.59. The lowest BCUT2D eigenvalue weighted by atomic mass is 9.73. The number of nitrogens with one attached hydrogen (secondary N) is 1. The van der Waals surface area contributed by atoms with Gasteiger partial charge in [-0.3, -0.25) is 9.59 Å². The van der Waals surface area contributed by atoms with Crippen molar-refractivity contribution in [3.05, 3.63) is 62.8 Å². The second-order valence-corrected chi connectivity index (χ2v) is 8.61. The van der Waals surface area contributed by atoms with Gasteiger partial charge in [-0.05, 0) is 41.7 Å². The normalized spacial score (nSPS) is 20.5. The van der Waals surface area contributed by atoms with E-state index in [4.69, 9.17) is 37.4 Å². The van der Waals surface area contributed by atoms with Gasteiger partial charge >= 0.3 is 0 Å². The van der Waals surface area contributed by atoms with Crippen molar-refractivity contribution in [2.45, 2.75) is 31.1 Å². The third kappa shape index (κ3) is 3.93. The number of hydrogen-bond acceptors (Lipinski definition) is 5. The van der Waals surface area contributed by atoms with E-state index >= 15 is 0 Å². The molecule has 4 rings (SSSR count). The van der Waals surface area contributed by atoms with Gasteiger partial charge in [0.05, 0.1) is 31.4 Å². The summed E-state index contributed by atoms with van der Waals surface area (Å²) in [6, 6.07) is 8.99. The van der Waals surface area contributed by atoms with Crippen LogP contribution in [0.3, 0.4) is 0 Å². The molecule has 0 spiro atoms. The molecule has 0 bridgehead atoms. The first-order chi connectivity index (χ1) is 15.4. The van der Waals surface area contributed by atoms with E-state index in [0.717, 1.165) is 5.56 Å². The molecule has 6 nitrogen and oxygen atoms in total. The van der Waals surface area contributed by atoms with Crippen molar-refractivity contribution in [3.8, 4) is 17.2 Å². The maximum atomic E-state index is 13.4. The zero-order valence-corrected chi connectivity index (χ0v) is 19.5. The van der Waals surface area contributed by atoms with Crippen molar-refractivity contribution >= 4 is 34.9 Å². The number of carbonyl (C=O) groups is 2. The molecular formula is C24H23Cl2NO5. The van der Waals surface area contributed by atoms with Crippen molar-refractivity contribution in [2.24, 2.45) is 0 Å². The monoisotopic (exact) mass is 475 g/mol. The van der Waals surface area contributed by atoms with Gasteiger partial charge in [0, 0.05) is 30.0 Å². The third-order valence-electron chi connectivity index (χ3n) is 6.05.